The summed E-state index contributed by atoms with van der Waals surface area (Å²) in [5.41, 5.74) is 0.988. The predicted octanol–water partition coefficient (Wildman–Crippen LogP) is 0.930. The second-order valence-electron chi connectivity index (χ2n) is 8.28. The highest BCUT2D eigenvalue weighted by Crippen LogP contribution is 2.44. The molecule has 29 heavy (non-hydrogen) atoms. The maximum Gasteiger partial charge on any atom is 0.345 e. The first-order valence-electron chi connectivity index (χ1n) is 10.5. The average Bonchev–Trinajstić information content (AvgIpc) is 3.21. The second-order valence-corrected chi connectivity index (χ2v) is 9.33. The van der Waals surface area contributed by atoms with Gasteiger partial charge in [-0.3, -0.25) is 9.36 Å². The lowest BCUT2D eigenvalue weighted by atomic mass is 9.86. The number of aromatic nitrogens is 3. The van der Waals surface area contributed by atoms with Crippen molar-refractivity contribution in [2.24, 2.45) is 7.05 Å². The van der Waals surface area contributed by atoms with Crippen LogP contribution in [-0.4, -0.2) is 46.0 Å². The van der Waals surface area contributed by atoms with Gasteiger partial charge in [-0.1, -0.05) is 0 Å². The molecule has 0 saturated carbocycles. The summed E-state index contributed by atoms with van der Waals surface area (Å²) in [4.78, 5) is 27.2. The summed E-state index contributed by atoms with van der Waals surface area (Å²) in [6.07, 6.45) is 5.05. The zero-order chi connectivity index (χ0) is 20.0. The van der Waals surface area contributed by atoms with Gasteiger partial charge in [-0.25, -0.2) is 9.48 Å². The van der Waals surface area contributed by atoms with E-state index in [-0.39, 0.29) is 23.2 Å². The number of ether oxygens (including phenoxy) is 1. The minimum absolute atomic E-state index is 0.00840. The Balaban J connectivity index is 1.30. The van der Waals surface area contributed by atoms with Crippen LogP contribution >= 0.6 is 11.3 Å². The molecule has 0 aromatic carbocycles. The smallest absolute Gasteiger partial charge is 0.345 e. The molecule has 2 aromatic rings. The number of hydrogen-bond donors (Lipinski definition) is 2. The van der Waals surface area contributed by atoms with Crippen LogP contribution in [0.1, 0.15) is 51.6 Å². The lowest BCUT2D eigenvalue weighted by Crippen LogP contribution is -2.44. The number of rotatable bonds is 2. The maximum atomic E-state index is 13.0. The van der Waals surface area contributed by atoms with Crippen LogP contribution < -0.4 is 16.3 Å². The summed E-state index contributed by atoms with van der Waals surface area (Å²) in [6, 6.07) is 2.12. The fourth-order valence-corrected chi connectivity index (χ4v) is 6.15. The molecule has 2 aromatic heterocycles. The molecular weight excluding hydrogens is 390 g/mol. The Hall–Kier alpha value is -1.97. The van der Waals surface area contributed by atoms with Gasteiger partial charge in [0.25, 0.3) is 5.91 Å². The van der Waals surface area contributed by atoms with Gasteiger partial charge in [-0.15, -0.1) is 11.3 Å². The highest BCUT2D eigenvalue weighted by molar-refractivity contribution is 7.14. The number of carbonyl (C=O) groups excluding carboxylic acids is 1. The van der Waals surface area contributed by atoms with Gasteiger partial charge < -0.3 is 15.4 Å². The van der Waals surface area contributed by atoms with Gasteiger partial charge in [0.15, 0.2) is 0 Å². The fourth-order valence-electron chi connectivity index (χ4n) is 4.83. The van der Waals surface area contributed by atoms with Crippen LogP contribution in [0.3, 0.4) is 0 Å². The zero-order valence-electron chi connectivity index (χ0n) is 16.7. The van der Waals surface area contributed by atoms with E-state index in [9.17, 15) is 9.59 Å². The van der Waals surface area contributed by atoms with Crippen LogP contribution in [0.15, 0.2) is 10.9 Å². The molecule has 3 aliphatic rings. The molecular formula is C20H27N5O3S. The number of nitrogens with zero attached hydrogens (tertiary/aromatic N) is 3. The van der Waals surface area contributed by atoms with Gasteiger partial charge in [0.2, 0.25) is 0 Å². The summed E-state index contributed by atoms with van der Waals surface area (Å²) in [5.74, 6) is 0.803. The van der Waals surface area contributed by atoms with Crippen LogP contribution in [0.2, 0.25) is 0 Å². The van der Waals surface area contributed by atoms with Crippen molar-refractivity contribution >= 4 is 17.2 Å². The van der Waals surface area contributed by atoms with Crippen molar-refractivity contribution in [1.82, 2.24) is 25.0 Å². The summed E-state index contributed by atoms with van der Waals surface area (Å²) < 4.78 is 9.36. The topological polar surface area (TPSA) is 90.2 Å². The SMILES string of the molecule is Cn1nc2n(c1=O)CCC(NC(=O)c1cc3c(s1)C1(CCNCC1)OCC3)CC2. The fraction of sp³-hybridized carbons (Fsp3) is 0.650. The van der Waals surface area contributed by atoms with E-state index in [2.05, 4.69) is 21.8 Å². The molecule has 1 unspecified atom stereocenters. The van der Waals surface area contributed by atoms with Gasteiger partial charge in [0.05, 0.1) is 11.5 Å². The molecule has 1 spiro atoms. The third kappa shape index (κ3) is 3.35. The normalized spacial score (nSPS) is 23.3. The van der Waals surface area contributed by atoms with E-state index < -0.39 is 0 Å². The van der Waals surface area contributed by atoms with Crippen LogP contribution in [0.5, 0.6) is 0 Å². The number of aryl methyl sites for hydroxylation is 2. The Morgan fingerprint density at radius 3 is 3.00 bits per heavy atom. The highest BCUT2D eigenvalue weighted by Gasteiger charge is 2.41. The van der Waals surface area contributed by atoms with Gasteiger partial charge in [-0.2, -0.15) is 5.10 Å². The lowest BCUT2D eigenvalue weighted by Gasteiger charge is -2.40. The van der Waals surface area contributed by atoms with Crippen LogP contribution in [0.25, 0.3) is 0 Å². The van der Waals surface area contributed by atoms with E-state index >= 15 is 0 Å². The summed E-state index contributed by atoms with van der Waals surface area (Å²) >= 11 is 1.60. The quantitative estimate of drug-likeness (QED) is 0.759. The van der Waals surface area contributed by atoms with Crippen molar-refractivity contribution < 1.29 is 9.53 Å². The van der Waals surface area contributed by atoms with Gasteiger partial charge in [0.1, 0.15) is 11.4 Å². The Labute approximate surface area is 173 Å². The van der Waals surface area contributed by atoms with Crippen LogP contribution in [0, 0.1) is 0 Å². The van der Waals surface area contributed by atoms with Crippen LogP contribution in [-0.2, 0) is 36.8 Å². The van der Waals surface area contributed by atoms with Crippen molar-refractivity contribution in [1.29, 1.82) is 0 Å². The molecule has 0 radical (unpaired) electrons. The molecule has 0 aliphatic carbocycles. The molecule has 1 fully saturated rings. The van der Waals surface area contributed by atoms with E-state index in [0.29, 0.717) is 13.0 Å². The first kappa shape index (κ1) is 19.0. The van der Waals surface area contributed by atoms with Crippen molar-refractivity contribution in [2.75, 3.05) is 19.7 Å². The summed E-state index contributed by atoms with van der Waals surface area (Å²) in [5, 5.41) is 10.9. The standard InChI is InChI=1S/C20H27N5O3S/c1-24-19(27)25-10-4-14(2-3-16(25)23-24)22-18(26)15-12-13-5-11-28-20(17(13)29-15)6-8-21-9-7-20/h12,14,21H,2-11H2,1H3,(H,22,26). The minimum Gasteiger partial charge on any atom is -0.369 e. The lowest BCUT2D eigenvalue weighted by molar-refractivity contribution is -0.0771. The summed E-state index contributed by atoms with van der Waals surface area (Å²) in [7, 11) is 1.68. The van der Waals surface area contributed by atoms with Gasteiger partial charge in [0, 0.05) is 30.9 Å². The molecule has 0 bridgehead atoms. The molecule has 2 N–H and O–H groups in total. The Kier molecular flexibility index (Phi) is 4.84. The van der Waals surface area contributed by atoms with Crippen molar-refractivity contribution in [3.05, 3.63) is 37.7 Å². The molecule has 1 saturated heterocycles. The molecule has 156 valence electrons. The van der Waals surface area contributed by atoms with E-state index in [4.69, 9.17) is 4.74 Å². The molecule has 1 amide bonds. The zero-order valence-corrected chi connectivity index (χ0v) is 17.5. The molecule has 5 rings (SSSR count). The molecule has 8 nitrogen and oxygen atoms in total. The van der Waals surface area contributed by atoms with Gasteiger partial charge in [-0.05, 0) is 56.8 Å². The molecule has 9 heteroatoms. The molecule has 1 atom stereocenters. The summed E-state index contributed by atoms with van der Waals surface area (Å²) in [6.45, 7) is 3.23. The van der Waals surface area contributed by atoms with Crippen molar-refractivity contribution in [3.8, 4) is 0 Å². The Bertz CT molecular complexity index is 985. The number of hydrogen-bond acceptors (Lipinski definition) is 6. The Morgan fingerprint density at radius 2 is 2.17 bits per heavy atom. The predicted molar refractivity (Wildman–Crippen MR) is 109 cm³/mol. The maximum absolute atomic E-state index is 13.0. The molecule has 5 heterocycles. The number of thiophene rings is 1. The van der Waals surface area contributed by atoms with Crippen molar-refractivity contribution in [3.63, 3.8) is 0 Å². The first-order valence-corrected chi connectivity index (χ1v) is 11.3. The minimum atomic E-state index is -0.209. The number of amides is 1. The molecule has 3 aliphatic heterocycles. The number of carbonyl (C=O) groups is 1. The average molecular weight is 418 g/mol. The first-order chi connectivity index (χ1) is 14.1. The van der Waals surface area contributed by atoms with E-state index in [1.807, 2.05) is 0 Å². The third-order valence-corrected chi connectivity index (χ3v) is 7.81. The van der Waals surface area contributed by atoms with E-state index in [1.165, 1.54) is 15.1 Å². The Morgan fingerprint density at radius 1 is 1.34 bits per heavy atom. The number of piperidine rings is 1. The highest BCUT2D eigenvalue weighted by atomic mass is 32.1. The second kappa shape index (κ2) is 7.37. The third-order valence-electron chi connectivity index (χ3n) is 6.45. The van der Waals surface area contributed by atoms with E-state index in [1.54, 1.807) is 23.0 Å². The number of fused-ring (bicyclic) bond motifs is 3. The largest absolute Gasteiger partial charge is 0.369 e. The number of nitrogens with one attached hydrogen (secondary N) is 2. The van der Waals surface area contributed by atoms with Crippen molar-refractivity contribution in [2.45, 2.75) is 56.7 Å². The van der Waals surface area contributed by atoms with Gasteiger partial charge >= 0.3 is 5.69 Å². The van der Waals surface area contributed by atoms with E-state index in [0.717, 1.165) is 62.5 Å². The van der Waals surface area contributed by atoms with Crippen LogP contribution in [0.4, 0.5) is 0 Å². The monoisotopic (exact) mass is 417 g/mol.